The maximum Gasteiger partial charge on any atom is 0.0468 e. The highest BCUT2D eigenvalue weighted by Crippen LogP contribution is 2.46. The van der Waals surface area contributed by atoms with E-state index in [1.807, 2.05) is 0 Å². The highest BCUT2D eigenvalue weighted by molar-refractivity contribution is 4.89. The van der Waals surface area contributed by atoms with E-state index in [-0.39, 0.29) is 0 Å². The SMILES string of the molecule is CCCNCC1CCC(C)(C)CC1C1CCOCC1. The van der Waals surface area contributed by atoms with Gasteiger partial charge in [0.1, 0.15) is 0 Å². The van der Waals surface area contributed by atoms with Crippen molar-refractivity contribution < 1.29 is 4.74 Å². The summed E-state index contributed by atoms with van der Waals surface area (Å²) in [5.41, 5.74) is 0.560. The zero-order valence-electron chi connectivity index (χ0n) is 13.2. The van der Waals surface area contributed by atoms with Gasteiger partial charge in [0.15, 0.2) is 0 Å². The Labute approximate surface area is 119 Å². The third-order valence-electron chi connectivity index (χ3n) is 5.29. The smallest absolute Gasteiger partial charge is 0.0468 e. The first-order valence-corrected chi connectivity index (χ1v) is 8.41. The molecule has 19 heavy (non-hydrogen) atoms. The molecule has 0 bridgehead atoms. The van der Waals surface area contributed by atoms with Crippen molar-refractivity contribution in [2.75, 3.05) is 26.3 Å². The molecule has 0 amide bonds. The van der Waals surface area contributed by atoms with E-state index >= 15 is 0 Å². The minimum Gasteiger partial charge on any atom is -0.381 e. The molecule has 0 spiro atoms. The normalized spacial score (nSPS) is 32.4. The Kier molecular flexibility index (Phi) is 5.70. The molecule has 0 aromatic heterocycles. The van der Waals surface area contributed by atoms with E-state index < -0.39 is 0 Å². The Balaban J connectivity index is 1.94. The van der Waals surface area contributed by atoms with Crippen LogP contribution in [0.3, 0.4) is 0 Å². The van der Waals surface area contributed by atoms with Crippen LogP contribution >= 0.6 is 0 Å². The highest BCUT2D eigenvalue weighted by Gasteiger charge is 2.38. The molecule has 2 unspecified atom stereocenters. The van der Waals surface area contributed by atoms with Crippen molar-refractivity contribution in [2.24, 2.45) is 23.2 Å². The lowest BCUT2D eigenvalue weighted by molar-refractivity contribution is 0.000861. The van der Waals surface area contributed by atoms with Crippen LogP contribution in [0, 0.1) is 23.2 Å². The van der Waals surface area contributed by atoms with Crippen LogP contribution in [0.2, 0.25) is 0 Å². The number of ether oxygens (including phenoxy) is 1. The van der Waals surface area contributed by atoms with Crippen LogP contribution in [-0.2, 0) is 4.74 Å². The summed E-state index contributed by atoms with van der Waals surface area (Å²) in [7, 11) is 0. The fourth-order valence-corrected chi connectivity index (χ4v) is 4.11. The Bertz CT molecular complexity index is 258. The molecule has 1 N–H and O–H groups in total. The lowest BCUT2D eigenvalue weighted by Gasteiger charge is -2.45. The lowest BCUT2D eigenvalue weighted by atomic mass is 9.62. The van der Waals surface area contributed by atoms with Crippen LogP contribution < -0.4 is 5.32 Å². The van der Waals surface area contributed by atoms with E-state index in [2.05, 4.69) is 26.1 Å². The summed E-state index contributed by atoms with van der Waals surface area (Å²) in [6, 6.07) is 0. The highest BCUT2D eigenvalue weighted by atomic mass is 16.5. The summed E-state index contributed by atoms with van der Waals surface area (Å²) in [6.45, 7) is 11.6. The van der Waals surface area contributed by atoms with E-state index in [0.29, 0.717) is 5.41 Å². The van der Waals surface area contributed by atoms with Gasteiger partial charge in [0.2, 0.25) is 0 Å². The molecule has 112 valence electrons. The first kappa shape index (κ1) is 15.3. The van der Waals surface area contributed by atoms with E-state index in [0.717, 1.165) is 31.0 Å². The van der Waals surface area contributed by atoms with Gasteiger partial charge in [0, 0.05) is 13.2 Å². The monoisotopic (exact) mass is 267 g/mol. The molecule has 2 rings (SSSR count). The van der Waals surface area contributed by atoms with E-state index in [4.69, 9.17) is 4.74 Å². The topological polar surface area (TPSA) is 21.3 Å². The largest absolute Gasteiger partial charge is 0.381 e. The van der Waals surface area contributed by atoms with Gasteiger partial charge in [-0.3, -0.25) is 0 Å². The van der Waals surface area contributed by atoms with Gasteiger partial charge in [-0.1, -0.05) is 20.8 Å². The average molecular weight is 267 g/mol. The predicted octanol–water partition coefficient (Wildman–Crippen LogP) is 3.86. The molecule has 0 radical (unpaired) electrons. The van der Waals surface area contributed by atoms with Gasteiger partial charge in [-0.25, -0.2) is 0 Å². The second-order valence-corrected chi connectivity index (χ2v) is 7.48. The van der Waals surface area contributed by atoms with Crippen molar-refractivity contribution in [1.29, 1.82) is 0 Å². The number of nitrogens with one attached hydrogen (secondary N) is 1. The minimum absolute atomic E-state index is 0.560. The zero-order chi connectivity index (χ0) is 13.7. The summed E-state index contributed by atoms with van der Waals surface area (Å²) in [4.78, 5) is 0. The molecule has 0 aromatic rings. The molecule has 1 saturated carbocycles. The van der Waals surface area contributed by atoms with Crippen LogP contribution in [0.15, 0.2) is 0 Å². The maximum atomic E-state index is 5.56. The summed E-state index contributed by atoms with van der Waals surface area (Å²) < 4.78 is 5.56. The van der Waals surface area contributed by atoms with Crippen molar-refractivity contribution in [3.05, 3.63) is 0 Å². The van der Waals surface area contributed by atoms with Gasteiger partial charge in [0.05, 0.1) is 0 Å². The Morgan fingerprint density at radius 2 is 1.89 bits per heavy atom. The molecular weight excluding hydrogens is 234 g/mol. The van der Waals surface area contributed by atoms with Crippen molar-refractivity contribution in [1.82, 2.24) is 5.32 Å². The van der Waals surface area contributed by atoms with Crippen LogP contribution in [0.25, 0.3) is 0 Å². The Hall–Kier alpha value is -0.0800. The molecule has 2 nitrogen and oxygen atoms in total. The van der Waals surface area contributed by atoms with Crippen molar-refractivity contribution in [2.45, 2.75) is 59.3 Å². The molecule has 1 aliphatic carbocycles. The van der Waals surface area contributed by atoms with Crippen molar-refractivity contribution >= 4 is 0 Å². The summed E-state index contributed by atoms with van der Waals surface area (Å²) in [5.74, 6) is 2.75. The third kappa shape index (κ3) is 4.46. The second kappa shape index (κ2) is 7.08. The summed E-state index contributed by atoms with van der Waals surface area (Å²) in [6.07, 6.45) is 8.10. The van der Waals surface area contributed by atoms with Gasteiger partial charge in [-0.15, -0.1) is 0 Å². The van der Waals surface area contributed by atoms with E-state index in [1.54, 1.807) is 0 Å². The van der Waals surface area contributed by atoms with Crippen LogP contribution in [0.4, 0.5) is 0 Å². The zero-order valence-corrected chi connectivity index (χ0v) is 13.2. The van der Waals surface area contributed by atoms with Crippen LogP contribution in [0.1, 0.15) is 59.3 Å². The quantitative estimate of drug-likeness (QED) is 0.764. The minimum atomic E-state index is 0.560. The van der Waals surface area contributed by atoms with Crippen molar-refractivity contribution in [3.63, 3.8) is 0 Å². The first-order valence-electron chi connectivity index (χ1n) is 8.41. The number of rotatable bonds is 5. The summed E-state index contributed by atoms with van der Waals surface area (Å²) >= 11 is 0. The van der Waals surface area contributed by atoms with Gasteiger partial charge in [-0.05, 0) is 74.8 Å². The average Bonchev–Trinajstić information content (AvgIpc) is 2.41. The van der Waals surface area contributed by atoms with Gasteiger partial charge < -0.3 is 10.1 Å². The summed E-state index contributed by atoms with van der Waals surface area (Å²) in [5, 5.41) is 3.67. The fourth-order valence-electron chi connectivity index (χ4n) is 4.11. The van der Waals surface area contributed by atoms with E-state index in [9.17, 15) is 0 Å². The molecule has 1 heterocycles. The molecule has 2 fully saturated rings. The molecule has 1 saturated heterocycles. The molecule has 1 aliphatic heterocycles. The molecular formula is C17H33NO. The molecule has 2 atom stereocenters. The molecule has 2 aliphatic rings. The van der Waals surface area contributed by atoms with Gasteiger partial charge >= 0.3 is 0 Å². The number of hydrogen-bond donors (Lipinski definition) is 1. The fraction of sp³-hybridized carbons (Fsp3) is 1.00. The molecule has 2 heteroatoms. The second-order valence-electron chi connectivity index (χ2n) is 7.48. The third-order valence-corrected chi connectivity index (χ3v) is 5.29. The lowest BCUT2D eigenvalue weighted by Crippen LogP contribution is -2.41. The molecule has 0 aromatic carbocycles. The van der Waals surface area contributed by atoms with Crippen LogP contribution in [-0.4, -0.2) is 26.3 Å². The standard InChI is InChI=1S/C17H33NO/c1-4-9-18-13-15-5-8-17(2,3)12-16(15)14-6-10-19-11-7-14/h14-16,18H,4-13H2,1-3H3. The maximum absolute atomic E-state index is 5.56. The van der Waals surface area contributed by atoms with Gasteiger partial charge in [0.25, 0.3) is 0 Å². The Morgan fingerprint density at radius 3 is 2.58 bits per heavy atom. The Morgan fingerprint density at radius 1 is 1.16 bits per heavy atom. The van der Waals surface area contributed by atoms with Crippen LogP contribution in [0.5, 0.6) is 0 Å². The number of hydrogen-bond acceptors (Lipinski definition) is 2. The van der Waals surface area contributed by atoms with Crippen molar-refractivity contribution in [3.8, 4) is 0 Å². The first-order chi connectivity index (χ1) is 9.12. The van der Waals surface area contributed by atoms with E-state index in [1.165, 1.54) is 51.6 Å². The van der Waals surface area contributed by atoms with Gasteiger partial charge in [-0.2, -0.15) is 0 Å². The predicted molar refractivity (Wildman–Crippen MR) is 81.3 cm³/mol.